The molecule has 9 aromatic carbocycles. The summed E-state index contributed by atoms with van der Waals surface area (Å²) in [6, 6.07) is 81.0. The van der Waals surface area contributed by atoms with Crippen LogP contribution in [-0.2, 0) is 0 Å². The van der Waals surface area contributed by atoms with Gasteiger partial charge in [0.25, 0.3) is 0 Å². The monoisotopic (exact) mass is 763 g/mol. The summed E-state index contributed by atoms with van der Waals surface area (Å²) in [5.74, 6) is 0.896. The van der Waals surface area contributed by atoms with Crippen LogP contribution >= 0.6 is 0 Å². The van der Waals surface area contributed by atoms with Crippen LogP contribution < -0.4 is 0 Å². The predicted octanol–water partition coefficient (Wildman–Crippen LogP) is 15.1. The summed E-state index contributed by atoms with van der Waals surface area (Å²) < 4.78 is 4.75. The highest BCUT2D eigenvalue weighted by Crippen LogP contribution is 2.40. The van der Waals surface area contributed by atoms with Gasteiger partial charge in [-0.25, -0.2) is 4.98 Å². The summed E-state index contributed by atoms with van der Waals surface area (Å²) in [5, 5.41) is 7.38. The molecule has 0 atom stereocenters. The molecule has 0 bridgehead atoms. The Balaban J connectivity index is 1.01. The highest BCUT2D eigenvalue weighted by Gasteiger charge is 2.18. The van der Waals surface area contributed by atoms with Gasteiger partial charge in [0.05, 0.1) is 27.8 Å². The SMILES string of the molecule is c1ccc(-c2cc(-c3ccccc3)nc(-n3c4ccccc4c4cc(-c5ccc6c(c5)c5ccccc5n6-c5cccc(-c6cccc7ccccc67)c5)ccc43)c2)cc1. The second kappa shape index (κ2) is 13.8. The largest absolute Gasteiger partial charge is 0.309 e. The minimum atomic E-state index is 0.896. The van der Waals surface area contributed by atoms with E-state index >= 15 is 0 Å². The third kappa shape index (κ3) is 5.55. The van der Waals surface area contributed by atoms with Crippen molar-refractivity contribution >= 4 is 54.4 Å². The molecule has 12 rings (SSSR count). The van der Waals surface area contributed by atoms with Gasteiger partial charge in [0.15, 0.2) is 0 Å². The van der Waals surface area contributed by atoms with Crippen molar-refractivity contribution in [2.24, 2.45) is 0 Å². The number of benzene rings is 9. The van der Waals surface area contributed by atoms with Crippen LogP contribution in [0.1, 0.15) is 0 Å². The van der Waals surface area contributed by atoms with Crippen molar-refractivity contribution in [3.05, 3.63) is 224 Å². The van der Waals surface area contributed by atoms with E-state index in [-0.39, 0.29) is 0 Å². The minimum Gasteiger partial charge on any atom is -0.309 e. The van der Waals surface area contributed by atoms with Gasteiger partial charge in [-0.2, -0.15) is 0 Å². The Bertz CT molecular complexity index is 3530. The molecule has 60 heavy (non-hydrogen) atoms. The molecule has 280 valence electrons. The van der Waals surface area contributed by atoms with E-state index in [0.717, 1.165) is 44.9 Å². The molecule has 3 aromatic heterocycles. The average molecular weight is 764 g/mol. The summed E-state index contributed by atoms with van der Waals surface area (Å²) >= 11 is 0. The summed E-state index contributed by atoms with van der Waals surface area (Å²) in [5.41, 5.74) is 14.9. The Kier molecular flexibility index (Phi) is 7.85. The number of nitrogens with zero attached hydrogens (tertiary/aromatic N) is 3. The molecule has 0 amide bonds. The fourth-order valence-electron chi connectivity index (χ4n) is 9.30. The van der Waals surface area contributed by atoms with Gasteiger partial charge in [-0.15, -0.1) is 0 Å². The summed E-state index contributed by atoms with van der Waals surface area (Å²) in [7, 11) is 0. The number of pyridine rings is 1. The lowest BCUT2D eigenvalue weighted by molar-refractivity contribution is 1.08. The van der Waals surface area contributed by atoms with Crippen molar-refractivity contribution < 1.29 is 0 Å². The molecule has 0 saturated carbocycles. The van der Waals surface area contributed by atoms with Gasteiger partial charge in [0.1, 0.15) is 5.82 Å². The summed E-state index contributed by atoms with van der Waals surface area (Å²) in [6.07, 6.45) is 0. The van der Waals surface area contributed by atoms with E-state index in [2.05, 4.69) is 234 Å². The maximum Gasteiger partial charge on any atom is 0.138 e. The van der Waals surface area contributed by atoms with E-state index in [1.54, 1.807) is 0 Å². The lowest BCUT2D eigenvalue weighted by Gasteiger charge is -2.13. The van der Waals surface area contributed by atoms with Crippen molar-refractivity contribution in [3.63, 3.8) is 0 Å². The van der Waals surface area contributed by atoms with E-state index in [1.807, 2.05) is 0 Å². The van der Waals surface area contributed by atoms with Crippen molar-refractivity contribution in [3.8, 4) is 56.1 Å². The molecule has 3 heterocycles. The third-order valence-electron chi connectivity index (χ3n) is 12.1. The zero-order chi connectivity index (χ0) is 39.6. The fraction of sp³-hybridized carbons (Fsp3) is 0. The first kappa shape index (κ1) is 34.1. The predicted molar refractivity (Wildman–Crippen MR) is 252 cm³/mol. The number of fused-ring (bicyclic) bond motifs is 7. The quantitative estimate of drug-likeness (QED) is 0.165. The molecule has 0 radical (unpaired) electrons. The zero-order valence-electron chi connectivity index (χ0n) is 32.7. The van der Waals surface area contributed by atoms with Crippen molar-refractivity contribution in [1.82, 2.24) is 14.1 Å². The van der Waals surface area contributed by atoms with Gasteiger partial charge in [-0.3, -0.25) is 4.57 Å². The second-order valence-corrected chi connectivity index (χ2v) is 15.6. The lowest BCUT2D eigenvalue weighted by atomic mass is 9.98. The van der Waals surface area contributed by atoms with Crippen molar-refractivity contribution in [1.29, 1.82) is 0 Å². The topological polar surface area (TPSA) is 22.8 Å². The van der Waals surface area contributed by atoms with Crippen LogP contribution in [-0.4, -0.2) is 14.1 Å². The normalized spacial score (nSPS) is 11.7. The minimum absolute atomic E-state index is 0.896. The number of hydrogen-bond donors (Lipinski definition) is 0. The van der Waals surface area contributed by atoms with Crippen LogP contribution in [0.25, 0.3) is 111 Å². The highest BCUT2D eigenvalue weighted by molar-refractivity contribution is 6.13. The molecule has 12 aromatic rings. The number of aromatic nitrogens is 3. The Labute approximate surface area is 347 Å². The number of hydrogen-bond acceptors (Lipinski definition) is 1. The van der Waals surface area contributed by atoms with E-state index in [4.69, 9.17) is 4.98 Å². The Morgan fingerprint density at radius 1 is 0.283 bits per heavy atom. The second-order valence-electron chi connectivity index (χ2n) is 15.6. The third-order valence-corrected chi connectivity index (χ3v) is 12.1. The van der Waals surface area contributed by atoms with Crippen molar-refractivity contribution in [2.75, 3.05) is 0 Å². The molecule has 0 aliphatic heterocycles. The van der Waals surface area contributed by atoms with Crippen LogP contribution in [0.15, 0.2) is 224 Å². The molecule has 0 aliphatic carbocycles. The van der Waals surface area contributed by atoms with Gasteiger partial charge in [0.2, 0.25) is 0 Å². The molecule has 3 heteroatoms. The van der Waals surface area contributed by atoms with Crippen LogP contribution in [0.5, 0.6) is 0 Å². The molecule has 0 fully saturated rings. The van der Waals surface area contributed by atoms with Gasteiger partial charge >= 0.3 is 0 Å². The Morgan fingerprint density at radius 2 is 0.817 bits per heavy atom. The van der Waals surface area contributed by atoms with E-state index in [0.29, 0.717) is 0 Å². The first-order valence-electron chi connectivity index (χ1n) is 20.5. The van der Waals surface area contributed by atoms with Crippen LogP contribution in [0.2, 0.25) is 0 Å². The molecule has 0 aliphatic rings. The maximum absolute atomic E-state index is 5.34. The molecular formula is C57H37N3. The molecule has 0 unspecified atom stereocenters. The summed E-state index contributed by atoms with van der Waals surface area (Å²) in [6.45, 7) is 0. The first-order chi connectivity index (χ1) is 29.7. The molecule has 0 spiro atoms. The van der Waals surface area contributed by atoms with E-state index in [1.165, 1.54) is 65.6 Å². The zero-order valence-corrected chi connectivity index (χ0v) is 32.7. The first-order valence-corrected chi connectivity index (χ1v) is 20.5. The standard InChI is InChI=1S/C57H37N3/c1-3-15-38(16-4-1)44-36-52(40-18-5-2-6-19-40)58-57(37-44)60-54-28-12-10-25-49(54)51-35-42(30-32-56(51)60)41-29-31-55-50(34-41)48-24-9-11-27-53(48)59(55)45-22-13-21-43(33-45)47-26-14-20-39-17-7-8-23-46(39)47/h1-37H. The van der Waals surface area contributed by atoms with Gasteiger partial charge in [0, 0.05) is 32.8 Å². The molecular weight excluding hydrogens is 727 g/mol. The fourth-order valence-corrected chi connectivity index (χ4v) is 9.30. The maximum atomic E-state index is 5.34. The van der Waals surface area contributed by atoms with Crippen molar-refractivity contribution in [2.45, 2.75) is 0 Å². The molecule has 3 nitrogen and oxygen atoms in total. The Morgan fingerprint density at radius 3 is 1.53 bits per heavy atom. The summed E-state index contributed by atoms with van der Waals surface area (Å²) in [4.78, 5) is 5.34. The average Bonchev–Trinajstić information content (AvgIpc) is 3.84. The van der Waals surface area contributed by atoms with E-state index in [9.17, 15) is 0 Å². The molecule has 0 N–H and O–H groups in total. The lowest BCUT2D eigenvalue weighted by Crippen LogP contribution is -2.00. The van der Waals surface area contributed by atoms with E-state index < -0.39 is 0 Å². The highest BCUT2D eigenvalue weighted by atomic mass is 15.1. The van der Waals surface area contributed by atoms with Gasteiger partial charge in [-0.1, -0.05) is 164 Å². The Hall–Kier alpha value is -8.01. The van der Waals surface area contributed by atoms with Crippen LogP contribution in [0.4, 0.5) is 0 Å². The number of para-hydroxylation sites is 2. The number of rotatable bonds is 6. The van der Waals surface area contributed by atoms with Gasteiger partial charge < -0.3 is 4.57 Å². The smallest absolute Gasteiger partial charge is 0.138 e. The molecule has 0 saturated heterocycles. The van der Waals surface area contributed by atoms with Crippen LogP contribution in [0, 0.1) is 0 Å². The van der Waals surface area contributed by atoms with Crippen LogP contribution in [0.3, 0.4) is 0 Å². The van der Waals surface area contributed by atoms with Gasteiger partial charge in [-0.05, 0) is 105 Å².